The van der Waals surface area contributed by atoms with E-state index in [1.807, 2.05) is 24.3 Å². The highest BCUT2D eigenvalue weighted by Gasteiger charge is 2.11. The predicted octanol–water partition coefficient (Wildman–Crippen LogP) is 3.07. The Bertz CT molecular complexity index is 790. The first-order valence-electron chi connectivity index (χ1n) is 6.70. The van der Waals surface area contributed by atoms with Gasteiger partial charge in [0.2, 0.25) is 0 Å². The topological polar surface area (TPSA) is 64.3 Å². The number of benzene rings is 2. The minimum Gasteiger partial charge on any atom is -0.508 e. The molecule has 0 fully saturated rings. The van der Waals surface area contributed by atoms with Crippen LogP contribution in [-0.2, 0) is 0 Å². The summed E-state index contributed by atoms with van der Waals surface area (Å²) >= 11 is 0. The van der Waals surface area contributed by atoms with Crippen LogP contribution >= 0.6 is 0 Å². The lowest BCUT2D eigenvalue weighted by atomic mass is 10.1. The number of ether oxygens (including phenoxy) is 1. The molecule has 0 atom stereocenters. The van der Waals surface area contributed by atoms with Gasteiger partial charge >= 0.3 is 0 Å². The van der Waals surface area contributed by atoms with E-state index in [1.165, 1.54) is 0 Å². The van der Waals surface area contributed by atoms with E-state index in [4.69, 9.17) is 4.74 Å². The van der Waals surface area contributed by atoms with Gasteiger partial charge in [-0.1, -0.05) is 0 Å². The molecule has 1 N–H and O–H groups in total. The van der Waals surface area contributed by atoms with Crippen LogP contribution in [0.2, 0.25) is 0 Å². The van der Waals surface area contributed by atoms with Gasteiger partial charge in [0.1, 0.15) is 17.2 Å². The lowest BCUT2D eigenvalue weighted by Crippen LogP contribution is -1.95. The Balaban J connectivity index is 2.03. The number of carbonyl (C=O) groups excluding carboxylic acids is 1. The molecule has 2 aromatic carbocycles. The molecule has 0 unspecified atom stereocenters. The lowest BCUT2D eigenvalue weighted by molar-refractivity contribution is 0.112. The normalized spacial score (nSPS) is 10.4. The van der Waals surface area contributed by atoms with Crippen LogP contribution in [0.1, 0.15) is 10.4 Å². The highest BCUT2D eigenvalue weighted by atomic mass is 16.5. The van der Waals surface area contributed by atoms with Gasteiger partial charge in [0.15, 0.2) is 6.29 Å². The molecular formula is C17H14N2O3. The van der Waals surface area contributed by atoms with Crippen molar-refractivity contribution in [3.8, 4) is 28.4 Å². The van der Waals surface area contributed by atoms with Crippen LogP contribution in [0.5, 0.6) is 11.5 Å². The van der Waals surface area contributed by atoms with Crippen LogP contribution in [0.25, 0.3) is 16.9 Å². The molecule has 3 rings (SSSR count). The monoisotopic (exact) mass is 294 g/mol. The summed E-state index contributed by atoms with van der Waals surface area (Å²) in [5.41, 5.74) is 2.66. The van der Waals surface area contributed by atoms with Gasteiger partial charge in [0.05, 0.1) is 18.4 Å². The average molecular weight is 294 g/mol. The largest absolute Gasteiger partial charge is 0.508 e. The summed E-state index contributed by atoms with van der Waals surface area (Å²) in [5, 5.41) is 13.8. The Morgan fingerprint density at radius 3 is 2.36 bits per heavy atom. The van der Waals surface area contributed by atoms with Crippen molar-refractivity contribution in [2.24, 2.45) is 0 Å². The van der Waals surface area contributed by atoms with Crippen LogP contribution in [-0.4, -0.2) is 28.3 Å². The number of rotatable bonds is 4. The van der Waals surface area contributed by atoms with E-state index in [9.17, 15) is 9.90 Å². The fraction of sp³-hybridized carbons (Fsp3) is 0.0588. The summed E-state index contributed by atoms with van der Waals surface area (Å²) in [7, 11) is 1.61. The van der Waals surface area contributed by atoms with Crippen LogP contribution in [0.4, 0.5) is 0 Å². The summed E-state index contributed by atoms with van der Waals surface area (Å²) in [4.78, 5) is 11.3. The van der Waals surface area contributed by atoms with Gasteiger partial charge in [0.25, 0.3) is 0 Å². The van der Waals surface area contributed by atoms with Crippen LogP contribution in [0.15, 0.2) is 54.7 Å². The van der Waals surface area contributed by atoms with Crippen molar-refractivity contribution >= 4 is 6.29 Å². The third-order valence-electron chi connectivity index (χ3n) is 3.35. The second-order valence-electron chi connectivity index (χ2n) is 4.74. The van der Waals surface area contributed by atoms with E-state index in [-0.39, 0.29) is 5.75 Å². The molecule has 0 aliphatic rings. The fourth-order valence-electron chi connectivity index (χ4n) is 2.18. The molecule has 5 nitrogen and oxygen atoms in total. The van der Waals surface area contributed by atoms with Gasteiger partial charge in [0, 0.05) is 11.8 Å². The van der Waals surface area contributed by atoms with Crippen LogP contribution in [0.3, 0.4) is 0 Å². The van der Waals surface area contributed by atoms with Gasteiger partial charge in [-0.3, -0.25) is 4.79 Å². The van der Waals surface area contributed by atoms with Crippen molar-refractivity contribution in [2.75, 3.05) is 7.11 Å². The van der Waals surface area contributed by atoms with Gasteiger partial charge in [-0.2, -0.15) is 5.10 Å². The van der Waals surface area contributed by atoms with Gasteiger partial charge < -0.3 is 9.84 Å². The molecule has 0 aliphatic heterocycles. The number of carbonyl (C=O) groups is 1. The average Bonchev–Trinajstić information content (AvgIpc) is 3.00. The van der Waals surface area contributed by atoms with Crippen molar-refractivity contribution < 1.29 is 14.6 Å². The van der Waals surface area contributed by atoms with Crippen molar-refractivity contribution in [2.45, 2.75) is 0 Å². The number of methoxy groups -OCH3 is 1. The first-order chi connectivity index (χ1) is 10.7. The highest BCUT2D eigenvalue weighted by molar-refractivity contribution is 5.85. The molecule has 0 aliphatic carbocycles. The van der Waals surface area contributed by atoms with Crippen LogP contribution in [0, 0.1) is 0 Å². The Morgan fingerprint density at radius 1 is 1.09 bits per heavy atom. The first-order valence-corrected chi connectivity index (χ1v) is 6.70. The summed E-state index contributed by atoms with van der Waals surface area (Å²) < 4.78 is 6.77. The Labute approximate surface area is 127 Å². The molecule has 0 bridgehead atoms. The highest BCUT2D eigenvalue weighted by Crippen LogP contribution is 2.25. The van der Waals surface area contributed by atoms with Crippen molar-refractivity contribution in [3.63, 3.8) is 0 Å². The molecule has 110 valence electrons. The van der Waals surface area contributed by atoms with Gasteiger partial charge in [-0.05, 0) is 48.5 Å². The molecule has 1 aromatic heterocycles. The molecular weight excluding hydrogens is 280 g/mol. The maximum absolute atomic E-state index is 11.3. The Morgan fingerprint density at radius 2 is 1.77 bits per heavy atom. The summed E-state index contributed by atoms with van der Waals surface area (Å²) in [6.45, 7) is 0. The van der Waals surface area contributed by atoms with Crippen molar-refractivity contribution in [3.05, 3.63) is 60.3 Å². The molecule has 22 heavy (non-hydrogen) atoms. The van der Waals surface area contributed by atoms with E-state index < -0.39 is 0 Å². The number of aromatic nitrogens is 2. The van der Waals surface area contributed by atoms with E-state index >= 15 is 0 Å². The zero-order chi connectivity index (χ0) is 15.5. The minimum atomic E-state index is 0.172. The molecule has 1 heterocycles. The predicted molar refractivity (Wildman–Crippen MR) is 82.6 cm³/mol. The SMILES string of the molecule is COc1ccc(-n2cc(C=O)c(-c3ccc(O)cc3)n2)cc1. The second-order valence-corrected chi connectivity index (χ2v) is 4.74. The number of hydrogen-bond donors (Lipinski definition) is 1. The third kappa shape index (κ3) is 2.56. The number of nitrogens with zero attached hydrogens (tertiary/aromatic N) is 2. The number of phenolic OH excluding ortho intramolecular Hbond substituents is 1. The first kappa shape index (κ1) is 13.9. The number of phenols is 1. The van der Waals surface area contributed by atoms with E-state index in [0.717, 1.165) is 23.3 Å². The number of aldehydes is 1. The maximum atomic E-state index is 11.3. The lowest BCUT2D eigenvalue weighted by Gasteiger charge is -2.03. The molecule has 5 heteroatoms. The van der Waals surface area contributed by atoms with Crippen molar-refractivity contribution in [1.82, 2.24) is 9.78 Å². The van der Waals surface area contributed by atoms with E-state index in [0.29, 0.717) is 11.3 Å². The zero-order valence-corrected chi connectivity index (χ0v) is 11.9. The maximum Gasteiger partial charge on any atom is 0.153 e. The zero-order valence-electron chi connectivity index (χ0n) is 11.9. The Kier molecular flexibility index (Phi) is 3.62. The standard InChI is InChI=1S/C17H14N2O3/c1-22-16-8-4-14(5-9-16)19-10-13(11-20)17(18-19)12-2-6-15(21)7-3-12/h2-11,21H,1H3. The molecule has 3 aromatic rings. The van der Waals surface area contributed by atoms with Gasteiger partial charge in [-0.15, -0.1) is 0 Å². The van der Waals surface area contributed by atoms with Crippen molar-refractivity contribution in [1.29, 1.82) is 0 Å². The summed E-state index contributed by atoms with van der Waals surface area (Å²) in [5.74, 6) is 0.927. The molecule has 0 amide bonds. The van der Waals surface area contributed by atoms with E-state index in [1.54, 1.807) is 42.3 Å². The molecule has 0 saturated heterocycles. The second kappa shape index (κ2) is 5.73. The number of aromatic hydroxyl groups is 1. The van der Waals surface area contributed by atoms with Gasteiger partial charge in [-0.25, -0.2) is 4.68 Å². The summed E-state index contributed by atoms with van der Waals surface area (Å²) in [6.07, 6.45) is 2.45. The number of hydrogen-bond acceptors (Lipinski definition) is 4. The smallest absolute Gasteiger partial charge is 0.153 e. The quantitative estimate of drug-likeness (QED) is 0.751. The summed E-state index contributed by atoms with van der Waals surface area (Å²) in [6, 6.07) is 14.0. The van der Waals surface area contributed by atoms with E-state index in [2.05, 4.69) is 5.10 Å². The molecule has 0 saturated carbocycles. The molecule has 0 spiro atoms. The fourth-order valence-corrected chi connectivity index (χ4v) is 2.18. The minimum absolute atomic E-state index is 0.172. The third-order valence-corrected chi connectivity index (χ3v) is 3.35. The van der Waals surface area contributed by atoms with Crippen LogP contribution < -0.4 is 4.74 Å². The Hall–Kier alpha value is -3.08. The molecule has 0 radical (unpaired) electrons.